The topological polar surface area (TPSA) is 55.2 Å². The van der Waals surface area contributed by atoms with Crippen LogP contribution in [0.5, 0.6) is 0 Å². The molecule has 0 aromatic heterocycles. The van der Waals surface area contributed by atoms with E-state index in [0.717, 1.165) is 5.56 Å². The summed E-state index contributed by atoms with van der Waals surface area (Å²) in [5.41, 5.74) is 1.02. The molecule has 0 radical (unpaired) electrons. The van der Waals surface area contributed by atoms with Crippen molar-refractivity contribution in [1.82, 2.24) is 0 Å². The van der Waals surface area contributed by atoms with E-state index in [1.165, 1.54) is 18.2 Å². The summed E-state index contributed by atoms with van der Waals surface area (Å²) < 4.78 is 13.9. The Morgan fingerprint density at radius 2 is 2.05 bits per heavy atom. The second kappa shape index (κ2) is 6.54. The van der Waals surface area contributed by atoms with E-state index in [0.29, 0.717) is 6.42 Å². The lowest BCUT2D eigenvalue weighted by molar-refractivity contribution is -0.384. The first-order valence-electron chi connectivity index (χ1n) is 6.47. The van der Waals surface area contributed by atoms with E-state index in [9.17, 15) is 14.5 Å². The van der Waals surface area contributed by atoms with Gasteiger partial charge in [-0.3, -0.25) is 10.1 Å². The fourth-order valence-electron chi connectivity index (χ4n) is 2.08. The van der Waals surface area contributed by atoms with E-state index in [2.05, 4.69) is 5.32 Å². The van der Waals surface area contributed by atoms with Crippen molar-refractivity contribution in [3.8, 4) is 0 Å². The molecule has 6 heteroatoms. The van der Waals surface area contributed by atoms with Crippen LogP contribution in [0.15, 0.2) is 42.5 Å². The van der Waals surface area contributed by atoms with Crippen molar-refractivity contribution >= 4 is 23.0 Å². The quantitative estimate of drug-likeness (QED) is 0.628. The van der Waals surface area contributed by atoms with Crippen LogP contribution in [0.4, 0.5) is 15.8 Å². The van der Waals surface area contributed by atoms with Gasteiger partial charge in [0, 0.05) is 12.1 Å². The monoisotopic (exact) mass is 308 g/mol. The Kier molecular flexibility index (Phi) is 4.75. The minimum Gasteiger partial charge on any atom is -0.376 e. The molecular weight excluding hydrogens is 295 g/mol. The summed E-state index contributed by atoms with van der Waals surface area (Å²) in [7, 11) is 0. The summed E-state index contributed by atoms with van der Waals surface area (Å²) in [5.74, 6) is -0.525. The third-order valence-corrected chi connectivity index (χ3v) is 3.46. The zero-order chi connectivity index (χ0) is 15.4. The average molecular weight is 309 g/mol. The Balaban J connectivity index is 2.30. The summed E-state index contributed by atoms with van der Waals surface area (Å²) in [6.45, 7) is 1.92. The number of rotatable bonds is 5. The van der Waals surface area contributed by atoms with Crippen LogP contribution in [0.3, 0.4) is 0 Å². The van der Waals surface area contributed by atoms with Gasteiger partial charge in [-0.25, -0.2) is 4.39 Å². The number of nitro groups is 1. The van der Waals surface area contributed by atoms with Gasteiger partial charge in [-0.2, -0.15) is 0 Å². The van der Waals surface area contributed by atoms with Crippen molar-refractivity contribution in [3.63, 3.8) is 0 Å². The minimum absolute atomic E-state index is 0.0133. The number of non-ortho nitro benzene ring substituents is 1. The van der Waals surface area contributed by atoms with E-state index in [4.69, 9.17) is 11.6 Å². The largest absolute Gasteiger partial charge is 0.376 e. The lowest BCUT2D eigenvalue weighted by atomic mass is 10.0. The highest BCUT2D eigenvalue weighted by Crippen LogP contribution is 2.29. The fraction of sp³-hybridized carbons (Fsp3) is 0.200. The maximum Gasteiger partial charge on any atom is 0.269 e. The first kappa shape index (κ1) is 15.3. The molecule has 0 fully saturated rings. The number of benzene rings is 2. The number of nitrogens with one attached hydrogen (secondary N) is 1. The lowest BCUT2D eigenvalue weighted by Crippen LogP contribution is -2.11. The molecule has 0 bridgehead atoms. The van der Waals surface area contributed by atoms with E-state index in [1.807, 2.05) is 6.92 Å². The maximum absolute atomic E-state index is 13.9. The highest BCUT2D eigenvalue weighted by molar-refractivity contribution is 6.31. The molecule has 4 nitrogen and oxygen atoms in total. The molecule has 21 heavy (non-hydrogen) atoms. The highest BCUT2D eigenvalue weighted by Gasteiger charge is 2.15. The highest BCUT2D eigenvalue weighted by atomic mass is 35.5. The van der Waals surface area contributed by atoms with Crippen molar-refractivity contribution in [2.24, 2.45) is 0 Å². The number of halogens is 2. The predicted molar refractivity (Wildman–Crippen MR) is 81.2 cm³/mol. The van der Waals surface area contributed by atoms with Crippen LogP contribution in [0.1, 0.15) is 24.9 Å². The predicted octanol–water partition coefficient (Wildman–Crippen LogP) is 4.95. The molecule has 1 N–H and O–H groups in total. The van der Waals surface area contributed by atoms with Crippen LogP contribution in [-0.2, 0) is 0 Å². The summed E-state index contributed by atoms with van der Waals surface area (Å²) in [4.78, 5) is 10.4. The summed E-state index contributed by atoms with van der Waals surface area (Å²) in [6, 6.07) is 10.8. The zero-order valence-electron chi connectivity index (χ0n) is 11.3. The van der Waals surface area contributed by atoms with Gasteiger partial charge in [0.05, 0.1) is 21.7 Å². The summed E-state index contributed by atoms with van der Waals surface area (Å²) >= 11 is 5.75. The van der Waals surface area contributed by atoms with Gasteiger partial charge in [-0.05, 0) is 24.1 Å². The van der Waals surface area contributed by atoms with Crippen molar-refractivity contribution in [2.45, 2.75) is 19.4 Å². The van der Waals surface area contributed by atoms with Gasteiger partial charge < -0.3 is 5.32 Å². The molecule has 2 aromatic rings. The van der Waals surface area contributed by atoms with Gasteiger partial charge in [0.25, 0.3) is 5.69 Å². The van der Waals surface area contributed by atoms with Gasteiger partial charge in [-0.1, -0.05) is 36.7 Å². The SMILES string of the molecule is CCC(Nc1cccc(Cl)c1F)c1cccc([N+](=O)[O-])c1. The van der Waals surface area contributed by atoms with Crippen molar-refractivity contribution in [1.29, 1.82) is 0 Å². The van der Waals surface area contributed by atoms with Crippen molar-refractivity contribution in [2.75, 3.05) is 5.32 Å². The number of nitrogens with zero attached hydrogens (tertiary/aromatic N) is 1. The molecule has 2 rings (SSSR count). The maximum atomic E-state index is 13.9. The molecule has 1 unspecified atom stereocenters. The molecule has 110 valence electrons. The molecular formula is C15H14ClFN2O2. The summed E-state index contributed by atoms with van der Waals surface area (Å²) in [5, 5.41) is 13.9. The van der Waals surface area contributed by atoms with Crippen molar-refractivity contribution in [3.05, 3.63) is 69.0 Å². The van der Waals surface area contributed by atoms with Gasteiger partial charge in [0.2, 0.25) is 0 Å². The van der Waals surface area contributed by atoms with Gasteiger partial charge in [0.1, 0.15) is 0 Å². The van der Waals surface area contributed by atoms with Crippen LogP contribution >= 0.6 is 11.6 Å². The van der Waals surface area contributed by atoms with Crippen LogP contribution in [0, 0.1) is 15.9 Å². The second-order valence-corrected chi connectivity index (χ2v) is 4.97. The minimum atomic E-state index is -0.525. The zero-order valence-corrected chi connectivity index (χ0v) is 12.1. The molecule has 0 aliphatic rings. The first-order chi connectivity index (χ1) is 10.0. The number of anilines is 1. The van der Waals surface area contributed by atoms with Gasteiger partial charge >= 0.3 is 0 Å². The molecule has 0 spiro atoms. The molecule has 2 aromatic carbocycles. The van der Waals surface area contributed by atoms with Crippen LogP contribution in [0.2, 0.25) is 5.02 Å². The fourth-order valence-corrected chi connectivity index (χ4v) is 2.25. The molecule has 0 saturated heterocycles. The molecule has 0 aliphatic heterocycles. The van der Waals surface area contributed by atoms with Gasteiger partial charge in [-0.15, -0.1) is 0 Å². The van der Waals surface area contributed by atoms with E-state index in [1.54, 1.807) is 24.3 Å². The Bertz CT molecular complexity index is 664. The lowest BCUT2D eigenvalue weighted by Gasteiger charge is -2.19. The molecule has 1 atom stereocenters. The standard InChI is InChI=1S/C15H14ClFN2O2/c1-2-13(10-5-3-6-11(9-10)19(20)21)18-14-8-4-7-12(16)15(14)17/h3-9,13,18H,2H2,1H3. The normalized spacial score (nSPS) is 12.0. The molecule has 0 amide bonds. The molecule has 0 heterocycles. The number of nitro benzene ring substituents is 1. The Morgan fingerprint density at radius 3 is 2.71 bits per heavy atom. The Labute approximate surface area is 126 Å². The van der Waals surface area contributed by atoms with E-state index >= 15 is 0 Å². The smallest absolute Gasteiger partial charge is 0.269 e. The number of hydrogen-bond acceptors (Lipinski definition) is 3. The third kappa shape index (κ3) is 3.49. The molecule has 0 saturated carbocycles. The third-order valence-electron chi connectivity index (χ3n) is 3.17. The van der Waals surface area contributed by atoms with Crippen LogP contribution in [-0.4, -0.2) is 4.92 Å². The number of hydrogen-bond donors (Lipinski definition) is 1. The Morgan fingerprint density at radius 1 is 1.33 bits per heavy atom. The average Bonchev–Trinajstić information content (AvgIpc) is 2.49. The summed E-state index contributed by atoms with van der Waals surface area (Å²) in [6.07, 6.45) is 0.646. The second-order valence-electron chi connectivity index (χ2n) is 4.56. The van der Waals surface area contributed by atoms with E-state index in [-0.39, 0.29) is 22.4 Å². The van der Waals surface area contributed by atoms with Crippen LogP contribution < -0.4 is 5.32 Å². The molecule has 0 aliphatic carbocycles. The first-order valence-corrected chi connectivity index (χ1v) is 6.85. The van der Waals surface area contributed by atoms with Gasteiger partial charge in [0.15, 0.2) is 5.82 Å². The van der Waals surface area contributed by atoms with Crippen LogP contribution in [0.25, 0.3) is 0 Å². The van der Waals surface area contributed by atoms with Crippen molar-refractivity contribution < 1.29 is 9.31 Å². The Hall–Kier alpha value is -2.14. The van der Waals surface area contributed by atoms with E-state index < -0.39 is 10.7 Å².